The molecule has 1 nitrogen and oxygen atoms in total. The predicted molar refractivity (Wildman–Crippen MR) is 58.4 cm³/mol. The minimum atomic E-state index is 0. The van der Waals surface area contributed by atoms with Crippen LogP contribution in [0.25, 0.3) is 0 Å². The van der Waals surface area contributed by atoms with Gasteiger partial charge in [0.2, 0.25) is 0 Å². The third-order valence-electron chi connectivity index (χ3n) is 2.53. The van der Waals surface area contributed by atoms with Gasteiger partial charge in [-0.2, -0.15) is 0 Å². The first kappa shape index (κ1) is 10.6. The Bertz CT molecular complexity index is 229. The molecule has 1 atom stereocenters. The van der Waals surface area contributed by atoms with E-state index in [0.29, 0.717) is 0 Å². The van der Waals surface area contributed by atoms with Gasteiger partial charge < -0.3 is 5.32 Å². The molecule has 1 aliphatic rings. The van der Waals surface area contributed by atoms with Gasteiger partial charge in [0.25, 0.3) is 0 Å². The van der Waals surface area contributed by atoms with Gasteiger partial charge in [-0.15, -0.1) is 12.4 Å². The normalized spacial score (nSPS) is 21.1. The van der Waals surface area contributed by atoms with Crippen molar-refractivity contribution in [3.8, 4) is 0 Å². The first-order valence-electron chi connectivity index (χ1n) is 4.70. The lowest BCUT2D eigenvalue weighted by atomic mass is 9.99. The summed E-state index contributed by atoms with van der Waals surface area (Å²) >= 11 is 0. The maximum absolute atomic E-state index is 3.39. The van der Waals surface area contributed by atoms with Crippen LogP contribution in [0.5, 0.6) is 0 Å². The van der Waals surface area contributed by atoms with E-state index in [9.17, 15) is 0 Å². The van der Waals surface area contributed by atoms with E-state index in [1.807, 2.05) is 0 Å². The van der Waals surface area contributed by atoms with Crippen LogP contribution in [0.4, 0.5) is 0 Å². The molecule has 1 saturated heterocycles. The summed E-state index contributed by atoms with van der Waals surface area (Å²) in [6.45, 7) is 2.41. The van der Waals surface area contributed by atoms with Gasteiger partial charge in [0.05, 0.1) is 0 Å². The highest BCUT2D eigenvalue weighted by molar-refractivity contribution is 5.85. The molecule has 1 aromatic carbocycles. The highest BCUT2D eigenvalue weighted by Crippen LogP contribution is 2.14. The molecule has 1 heterocycles. The van der Waals surface area contributed by atoms with Crippen LogP contribution in [0.3, 0.4) is 0 Å². The van der Waals surface area contributed by atoms with Crippen molar-refractivity contribution in [3.05, 3.63) is 35.9 Å². The summed E-state index contributed by atoms with van der Waals surface area (Å²) < 4.78 is 0. The number of hydrogen-bond donors (Lipinski definition) is 1. The molecule has 1 aliphatic heterocycles. The van der Waals surface area contributed by atoms with E-state index in [0.717, 1.165) is 5.92 Å². The van der Waals surface area contributed by atoms with Crippen LogP contribution in [0.15, 0.2) is 30.3 Å². The van der Waals surface area contributed by atoms with Crippen molar-refractivity contribution in [2.24, 2.45) is 5.92 Å². The van der Waals surface area contributed by atoms with Crippen molar-refractivity contribution in [1.82, 2.24) is 5.32 Å². The average molecular weight is 198 g/mol. The first-order chi connectivity index (χ1) is 5.95. The molecule has 1 aromatic rings. The fraction of sp³-hybridized carbons (Fsp3) is 0.455. The minimum absolute atomic E-state index is 0. The zero-order valence-electron chi connectivity index (χ0n) is 7.70. The smallest absolute Gasteiger partial charge is 0.00169 e. The van der Waals surface area contributed by atoms with Gasteiger partial charge in [-0.05, 0) is 37.4 Å². The van der Waals surface area contributed by atoms with Crippen molar-refractivity contribution < 1.29 is 0 Å². The summed E-state index contributed by atoms with van der Waals surface area (Å²) in [7, 11) is 0. The molecule has 13 heavy (non-hydrogen) atoms. The molecule has 0 aliphatic carbocycles. The van der Waals surface area contributed by atoms with Crippen molar-refractivity contribution in [2.45, 2.75) is 12.8 Å². The minimum Gasteiger partial charge on any atom is -0.316 e. The molecule has 0 amide bonds. The zero-order chi connectivity index (χ0) is 8.23. The maximum atomic E-state index is 3.39. The second kappa shape index (κ2) is 5.25. The predicted octanol–water partition coefficient (Wildman–Crippen LogP) is 2.26. The van der Waals surface area contributed by atoms with Gasteiger partial charge in [-0.1, -0.05) is 30.3 Å². The second-order valence-corrected chi connectivity index (χ2v) is 3.55. The lowest BCUT2D eigenvalue weighted by Gasteiger charge is -2.06. The van der Waals surface area contributed by atoms with E-state index in [1.165, 1.54) is 31.5 Å². The van der Waals surface area contributed by atoms with Gasteiger partial charge in [0, 0.05) is 0 Å². The molecule has 0 spiro atoms. The molecular formula is C11H16ClN. The fourth-order valence-corrected chi connectivity index (χ4v) is 1.84. The summed E-state index contributed by atoms with van der Waals surface area (Å²) in [6.07, 6.45) is 2.59. The Morgan fingerprint density at radius 2 is 2.00 bits per heavy atom. The molecule has 0 unspecified atom stereocenters. The van der Waals surface area contributed by atoms with E-state index >= 15 is 0 Å². The van der Waals surface area contributed by atoms with E-state index in [4.69, 9.17) is 0 Å². The van der Waals surface area contributed by atoms with Crippen LogP contribution < -0.4 is 5.32 Å². The molecule has 0 radical (unpaired) electrons. The highest BCUT2D eigenvalue weighted by Gasteiger charge is 2.13. The third-order valence-corrected chi connectivity index (χ3v) is 2.53. The zero-order valence-corrected chi connectivity index (χ0v) is 8.52. The fourth-order valence-electron chi connectivity index (χ4n) is 1.84. The van der Waals surface area contributed by atoms with Crippen molar-refractivity contribution in [3.63, 3.8) is 0 Å². The monoisotopic (exact) mass is 197 g/mol. The molecular weight excluding hydrogens is 182 g/mol. The molecule has 2 rings (SSSR count). The standard InChI is InChI=1S/C11H15N.ClH/c1-2-4-10(5-3-1)8-11-6-7-12-9-11;/h1-5,11-12H,6-9H2;1H/t11-;/m0./s1. The van der Waals surface area contributed by atoms with Crippen molar-refractivity contribution >= 4 is 12.4 Å². The molecule has 0 aromatic heterocycles. The van der Waals surface area contributed by atoms with Gasteiger partial charge in [-0.3, -0.25) is 0 Å². The van der Waals surface area contributed by atoms with Gasteiger partial charge in [0.15, 0.2) is 0 Å². The van der Waals surface area contributed by atoms with E-state index < -0.39 is 0 Å². The van der Waals surface area contributed by atoms with Crippen LogP contribution in [-0.2, 0) is 6.42 Å². The van der Waals surface area contributed by atoms with Crippen molar-refractivity contribution in [2.75, 3.05) is 13.1 Å². The number of rotatable bonds is 2. The second-order valence-electron chi connectivity index (χ2n) is 3.55. The number of benzene rings is 1. The van der Waals surface area contributed by atoms with Crippen LogP contribution in [0.1, 0.15) is 12.0 Å². The van der Waals surface area contributed by atoms with E-state index in [2.05, 4.69) is 35.6 Å². The first-order valence-corrected chi connectivity index (χ1v) is 4.70. The van der Waals surface area contributed by atoms with E-state index in [-0.39, 0.29) is 12.4 Å². The van der Waals surface area contributed by atoms with Crippen LogP contribution >= 0.6 is 12.4 Å². The lowest BCUT2D eigenvalue weighted by molar-refractivity contribution is 0.580. The third kappa shape index (κ3) is 3.02. The molecule has 72 valence electrons. The molecule has 2 heteroatoms. The number of nitrogens with one attached hydrogen (secondary N) is 1. The Morgan fingerprint density at radius 3 is 2.62 bits per heavy atom. The Hall–Kier alpha value is -0.530. The van der Waals surface area contributed by atoms with Gasteiger partial charge in [0.1, 0.15) is 0 Å². The average Bonchev–Trinajstić information content (AvgIpc) is 2.59. The molecule has 1 N–H and O–H groups in total. The quantitative estimate of drug-likeness (QED) is 0.767. The van der Waals surface area contributed by atoms with Crippen LogP contribution in [-0.4, -0.2) is 13.1 Å². The molecule has 1 fully saturated rings. The summed E-state index contributed by atoms with van der Waals surface area (Å²) in [5.74, 6) is 0.868. The Kier molecular flexibility index (Phi) is 4.26. The summed E-state index contributed by atoms with van der Waals surface area (Å²) in [5.41, 5.74) is 1.48. The molecule has 0 bridgehead atoms. The van der Waals surface area contributed by atoms with Gasteiger partial charge >= 0.3 is 0 Å². The summed E-state index contributed by atoms with van der Waals surface area (Å²) in [5, 5.41) is 3.39. The largest absolute Gasteiger partial charge is 0.316 e. The Morgan fingerprint density at radius 1 is 1.23 bits per heavy atom. The number of halogens is 1. The van der Waals surface area contributed by atoms with Crippen molar-refractivity contribution in [1.29, 1.82) is 0 Å². The van der Waals surface area contributed by atoms with Crippen LogP contribution in [0.2, 0.25) is 0 Å². The topological polar surface area (TPSA) is 12.0 Å². The SMILES string of the molecule is Cl.c1ccc(C[C@@H]2CCNC2)cc1. The summed E-state index contributed by atoms with van der Waals surface area (Å²) in [4.78, 5) is 0. The van der Waals surface area contributed by atoms with Crippen LogP contribution in [0, 0.1) is 5.92 Å². The highest BCUT2D eigenvalue weighted by atomic mass is 35.5. The maximum Gasteiger partial charge on any atom is -0.00169 e. The number of hydrogen-bond acceptors (Lipinski definition) is 1. The Labute approximate surface area is 86.0 Å². The van der Waals surface area contributed by atoms with Gasteiger partial charge in [-0.25, -0.2) is 0 Å². The Balaban J connectivity index is 0.000000845. The van der Waals surface area contributed by atoms with E-state index in [1.54, 1.807) is 0 Å². The lowest BCUT2D eigenvalue weighted by Crippen LogP contribution is -2.10. The summed E-state index contributed by atoms with van der Waals surface area (Å²) in [6, 6.07) is 10.8. The molecule has 0 saturated carbocycles.